The lowest BCUT2D eigenvalue weighted by atomic mass is 10.7. The molecule has 11 heteroatoms. The van der Waals surface area contributed by atoms with E-state index in [9.17, 15) is 30.0 Å². The minimum Gasteiger partial charge on any atom is -0.214 e. The minimum atomic E-state index is -5.40. The Morgan fingerprint density at radius 1 is 1.00 bits per heavy atom. The second kappa shape index (κ2) is 4.63. The Morgan fingerprint density at radius 3 is 1.73 bits per heavy atom. The topological polar surface area (TPSA) is 92.3 Å². The van der Waals surface area contributed by atoms with E-state index in [-0.39, 0.29) is 0 Å². The summed E-state index contributed by atoms with van der Waals surface area (Å²) in [6.07, 6.45) is 0.797. The van der Waals surface area contributed by atoms with Gasteiger partial charge in [0.25, 0.3) is 0 Å². The van der Waals surface area contributed by atoms with Crippen molar-refractivity contribution in [1.82, 2.24) is 9.44 Å². The molecule has 15 heavy (non-hydrogen) atoms. The molecule has 2 N–H and O–H groups in total. The molecule has 0 bridgehead atoms. The Kier molecular flexibility index (Phi) is 4.51. The molecule has 0 amide bonds. The maximum Gasteiger partial charge on any atom is 0.511 e. The van der Waals surface area contributed by atoms with Crippen molar-refractivity contribution in [2.45, 2.75) is 5.51 Å². The first kappa shape index (κ1) is 14.6. The second-order valence-electron chi connectivity index (χ2n) is 2.51. The molecule has 0 aromatic rings. The van der Waals surface area contributed by atoms with Gasteiger partial charge in [0, 0.05) is 13.1 Å². The van der Waals surface area contributed by atoms with Crippen LogP contribution in [0.5, 0.6) is 0 Å². The molecule has 0 rings (SSSR count). The molecule has 0 radical (unpaired) electrons. The van der Waals surface area contributed by atoms with Crippen LogP contribution in [0, 0.1) is 0 Å². The van der Waals surface area contributed by atoms with Crippen molar-refractivity contribution < 1.29 is 30.0 Å². The average Bonchev–Trinajstić information content (AvgIpc) is 1.94. The second-order valence-corrected chi connectivity index (χ2v) is 6.10. The smallest absolute Gasteiger partial charge is 0.214 e. The first-order valence-corrected chi connectivity index (χ1v) is 6.84. The SMILES string of the molecule is CS(=O)(=O)NCCNS(=O)(=O)C(F)(F)F. The Morgan fingerprint density at radius 2 is 1.40 bits per heavy atom. The van der Waals surface area contributed by atoms with Gasteiger partial charge in [0.1, 0.15) is 0 Å². The van der Waals surface area contributed by atoms with Crippen molar-refractivity contribution in [2.75, 3.05) is 19.3 Å². The van der Waals surface area contributed by atoms with Crippen LogP contribution in [0.2, 0.25) is 0 Å². The zero-order valence-corrected chi connectivity index (χ0v) is 9.13. The van der Waals surface area contributed by atoms with Gasteiger partial charge in [-0.25, -0.2) is 26.3 Å². The van der Waals surface area contributed by atoms with E-state index in [2.05, 4.69) is 0 Å². The van der Waals surface area contributed by atoms with Crippen molar-refractivity contribution in [1.29, 1.82) is 0 Å². The largest absolute Gasteiger partial charge is 0.511 e. The van der Waals surface area contributed by atoms with Gasteiger partial charge in [0.05, 0.1) is 6.26 Å². The number of sulfonamides is 2. The highest BCUT2D eigenvalue weighted by atomic mass is 32.2. The molecule has 0 aliphatic rings. The van der Waals surface area contributed by atoms with Gasteiger partial charge in [-0.2, -0.15) is 13.2 Å². The van der Waals surface area contributed by atoms with Gasteiger partial charge in [-0.05, 0) is 0 Å². The molecule has 0 aromatic carbocycles. The van der Waals surface area contributed by atoms with Crippen LogP contribution >= 0.6 is 0 Å². The number of nitrogens with one attached hydrogen (secondary N) is 2. The summed E-state index contributed by atoms with van der Waals surface area (Å²) >= 11 is 0. The molecule has 6 nitrogen and oxygen atoms in total. The van der Waals surface area contributed by atoms with Gasteiger partial charge in [0.15, 0.2) is 0 Å². The normalized spacial score (nSPS) is 14.1. The van der Waals surface area contributed by atoms with Crippen LogP contribution in [-0.2, 0) is 20.0 Å². The van der Waals surface area contributed by atoms with E-state index < -0.39 is 38.6 Å². The highest BCUT2D eigenvalue weighted by Gasteiger charge is 2.45. The quantitative estimate of drug-likeness (QED) is 0.625. The standard InChI is InChI=1S/C4H9F3N2O4S2/c1-14(10,11)8-2-3-9-15(12,13)4(5,6)7/h8-9H,2-3H2,1H3. The fraction of sp³-hybridized carbons (Fsp3) is 1.00. The zero-order valence-electron chi connectivity index (χ0n) is 7.50. The van der Waals surface area contributed by atoms with Gasteiger partial charge in [-0.15, -0.1) is 0 Å². The number of rotatable bonds is 5. The molecule has 92 valence electrons. The van der Waals surface area contributed by atoms with Gasteiger partial charge >= 0.3 is 15.5 Å². The molecule has 0 fully saturated rings. The first-order chi connectivity index (χ1) is 6.46. The van der Waals surface area contributed by atoms with Crippen molar-refractivity contribution >= 4 is 20.0 Å². The van der Waals surface area contributed by atoms with Crippen LogP contribution in [0.3, 0.4) is 0 Å². The summed E-state index contributed by atoms with van der Waals surface area (Å²) in [5.41, 5.74) is -5.39. The zero-order chi connectivity index (χ0) is 12.3. The molecular formula is C4H9F3N2O4S2. The molecule has 0 aliphatic carbocycles. The van der Waals surface area contributed by atoms with E-state index in [1.807, 2.05) is 4.72 Å². The molecule has 0 spiro atoms. The van der Waals surface area contributed by atoms with Crippen LogP contribution in [0.25, 0.3) is 0 Å². The minimum absolute atomic E-state index is 0.450. The van der Waals surface area contributed by atoms with Crippen molar-refractivity contribution in [2.24, 2.45) is 0 Å². The fourth-order valence-electron chi connectivity index (χ4n) is 0.504. The van der Waals surface area contributed by atoms with Gasteiger partial charge in [-0.1, -0.05) is 0 Å². The summed E-state index contributed by atoms with van der Waals surface area (Å²) < 4.78 is 79.7. The van der Waals surface area contributed by atoms with E-state index in [4.69, 9.17) is 0 Å². The highest BCUT2D eigenvalue weighted by molar-refractivity contribution is 7.90. The van der Waals surface area contributed by atoms with E-state index in [0.29, 0.717) is 0 Å². The monoisotopic (exact) mass is 270 g/mol. The predicted molar refractivity (Wildman–Crippen MR) is 45.8 cm³/mol. The van der Waals surface area contributed by atoms with Gasteiger partial charge in [0.2, 0.25) is 10.0 Å². The van der Waals surface area contributed by atoms with Crippen molar-refractivity contribution in [3.63, 3.8) is 0 Å². The summed E-state index contributed by atoms with van der Waals surface area (Å²) in [4.78, 5) is 0. The maximum atomic E-state index is 11.7. The Hall–Kier alpha value is -0.390. The van der Waals surface area contributed by atoms with E-state index in [1.165, 1.54) is 4.72 Å². The van der Waals surface area contributed by atoms with Gasteiger partial charge < -0.3 is 0 Å². The summed E-state index contributed by atoms with van der Waals surface area (Å²) in [6, 6.07) is 0. The third-order valence-electron chi connectivity index (χ3n) is 1.09. The summed E-state index contributed by atoms with van der Waals surface area (Å²) in [6.45, 7) is -1.12. The number of hydrogen-bond donors (Lipinski definition) is 2. The lowest BCUT2D eigenvalue weighted by molar-refractivity contribution is -0.0447. The summed E-state index contributed by atoms with van der Waals surface area (Å²) in [7, 11) is -8.94. The molecule has 0 heterocycles. The van der Waals surface area contributed by atoms with E-state index in [1.54, 1.807) is 0 Å². The third-order valence-corrected chi connectivity index (χ3v) is 3.01. The van der Waals surface area contributed by atoms with Gasteiger partial charge in [-0.3, -0.25) is 0 Å². The first-order valence-electron chi connectivity index (χ1n) is 3.46. The molecule has 0 atom stereocenters. The number of halogens is 3. The van der Waals surface area contributed by atoms with Crippen LogP contribution in [0.15, 0.2) is 0 Å². The lowest BCUT2D eigenvalue weighted by Crippen LogP contribution is -2.40. The molecule has 0 saturated heterocycles. The Balaban J connectivity index is 4.10. The maximum absolute atomic E-state index is 11.7. The fourth-order valence-corrected chi connectivity index (χ4v) is 1.51. The van der Waals surface area contributed by atoms with Crippen LogP contribution < -0.4 is 9.44 Å². The molecule has 0 unspecified atom stereocenters. The van der Waals surface area contributed by atoms with E-state index >= 15 is 0 Å². The lowest BCUT2D eigenvalue weighted by Gasteiger charge is -2.09. The van der Waals surface area contributed by atoms with Crippen LogP contribution in [0.1, 0.15) is 0 Å². The van der Waals surface area contributed by atoms with Crippen LogP contribution in [0.4, 0.5) is 13.2 Å². The molecule has 0 aliphatic heterocycles. The molecule has 0 saturated carbocycles. The molecule has 0 aromatic heterocycles. The number of alkyl halides is 3. The van der Waals surface area contributed by atoms with Crippen molar-refractivity contribution in [3.8, 4) is 0 Å². The summed E-state index contributed by atoms with van der Waals surface area (Å²) in [5, 5.41) is 0. The third kappa shape index (κ3) is 5.92. The molecular weight excluding hydrogens is 261 g/mol. The Bertz CT molecular complexity index is 398. The van der Waals surface area contributed by atoms with E-state index in [0.717, 1.165) is 6.26 Å². The average molecular weight is 270 g/mol. The van der Waals surface area contributed by atoms with Crippen molar-refractivity contribution in [3.05, 3.63) is 0 Å². The van der Waals surface area contributed by atoms with Crippen LogP contribution in [-0.4, -0.2) is 41.7 Å². The Labute approximate surface area is 85.0 Å². The highest BCUT2D eigenvalue weighted by Crippen LogP contribution is 2.20. The summed E-state index contributed by atoms with van der Waals surface area (Å²) in [5.74, 6) is 0. The number of hydrogen-bond acceptors (Lipinski definition) is 4. The predicted octanol–water partition coefficient (Wildman–Crippen LogP) is -1.03.